The molecule has 2 atom stereocenters. The molecule has 1 aromatic heterocycles. The summed E-state index contributed by atoms with van der Waals surface area (Å²) in [4.78, 5) is 14.3. The van der Waals surface area contributed by atoms with Crippen LogP contribution in [0.1, 0.15) is 30.3 Å². The zero-order valence-corrected chi connectivity index (χ0v) is 12.7. The Kier molecular flexibility index (Phi) is 4.12. The van der Waals surface area contributed by atoms with E-state index >= 15 is 0 Å². The summed E-state index contributed by atoms with van der Waals surface area (Å²) in [5.74, 6) is -1.71. The molecule has 3 rings (SSSR count). The van der Waals surface area contributed by atoms with Crippen molar-refractivity contribution in [2.24, 2.45) is 5.73 Å². The molecule has 0 saturated carbocycles. The van der Waals surface area contributed by atoms with Gasteiger partial charge in [-0.2, -0.15) is 5.10 Å². The molecule has 7 heteroatoms. The number of benzene rings is 1. The molecule has 2 N–H and O–H groups in total. The van der Waals surface area contributed by atoms with Crippen LogP contribution in [-0.4, -0.2) is 39.2 Å². The first kappa shape index (κ1) is 15.6. The number of likely N-dealkylation sites (tertiary alicyclic amines) is 1. The van der Waals surface area contributed by atoms with Gasteiger partial charge in [-0.25, -0.2) is 13.5 Å². The molecule has 1 saturated heterocycles. The van der Waals surface area contributed by atoms with Crippen LogP contribution >= 0.6 is 0 Å². The average molecular weight is 320 g/mol. The predicted molar refractivity (Wildman–Crippen MR) is 81.2 cm³/mol. The van der Waals surface area contributed by atoms with Crippen molar-refractivity contribution >= 4 is 5.91 Å². The maximum atomic E-state index is 13.8. The summed E-state index contributed by atoms with van der Waals surface area (Å²) in [5.41, 5.74) is 5.77. The molecule has 1 amide bonds. The molecule has 2 aromatic rings. The molecule has 0 radical (unpaired) electrons. The van der Waals surface area contributed by atoms with Gasteiger partial charge >= 0.3 is 0 Å². The molecule has 23 heavy (non-hydrogen) atoms. The number of carbonyl (C=O) groups is 1. The van der Waals surface area contributed by atoms with Gasteiger partial charge in [0.1, 0.15) is 5.69 Å². The van der Waals surface area contributed by atoms with E-state index in [1.165, 1.54) is 18.3 Å². The first-order valence-electron chi connectivity index (χ1n) is 7.54. The van der Waals surface area contributed by atoms with Crippen LogP contribution < -0.4 is 5.73 Å². The fraction of sp³-hybridized carbons (Fsp3) is 0.375. The molecule has 0 aliphatic carbocycles. The molecule has 0 spiro atoms. The van der Waals surface area contributed by atoms with Crippen LogP contribution in [0.2, 0.25) is 0 Å². The van der Waals surface area contributed by atoms with Crippen molar-refractivity contribution in [2.45, 2.75) is 31.8 Å². The SMILES string of the molecule is CC1CC(N)CCN1C(=O)c1ccn(-c2c(F)cccc2F)n1. The van der Waals surface area contributed by atoms with Crippen molar-refractivity contribution in [1.82, 2.24) is 14.7 Å². The lowest BCUT2D eigenvalue weighted by atomic mass is 9.99. The molecule has 1 aromatic carbocycles. The van der Waals surface area contributed by atoms with Gasteiger partial charge in [0.05, 0.1) is 0 Å². The summed E-state index contributed by atoms with van der Waals surface area (Å²) < 4.78 is 28.6. The Morgan fingerprint density at radius 2 is 2.00 bits per heavy atom. The number of hydrogen-bond donors (Lipinski definition) is 1. The Balaban J connectivity index is 1.86. The van der Waals surface area contributed by atoms with Gasteiger partial charge in [0, 0.05) is 24.8 Å². The Labute approximate surface area is 132 Å². The van der Waals surface area contributed by atoms with Gasteiger partial charge < -0.3 is 10.6 Å². The zero-order valence-electron chi connectivity index (χ0n) is 12.7. The first-order valence-corrected chi connectivity index (χ1v) is 7.54. The standard InChI is InChI=1S/C16H18F2N4O/c1-10-9-11(19)5-7-21(10)16(23)14-6-8-22(20-14)15-12(17)3-2-4-13(15)18/h2-4,6,8,10-11H,5,7,9,19H2,1H3. The molecule has 0 bridgehead atoms. The average Bonchev–Trinajstić information content (AvgIpc) is 2.96. The van der Waals surface area contributed by atoms with Gasteiger partial charge in [0.15, 0.2) is 17.3 Å². The largest absolute Gasteiger partial charge is 0.334 e. The van der Waals surface area contributed by atoms with E-state index in [0.29, 0.717) is 6.54 Å². The normalized spacial score (nSPS) is 21.5. The van der Waals surface area contributed by atoms with E-state index in [0.717, 1.165) is 29.7 Å². The highest BCUT2D eigenvalue weighted by atomic mass is 19.1. The van der Waals surface area contributed by atoms with Crippen molar-refractivity contribution < 1.29 is 13.6 Å². The Hall–Kier alpha value is -2.28. The third kappa shape index (κ3) is 2.96. The summed E-state index contributed by atoms with van der Waals surface area (Å²) >= 11 is 0. The predicted octanol–water partition coefficient (Wildman–Crippen LogP) is 2.10. The molecular weight excluding hydrogens is 302 g/mol. The minimum atomic E-state index is -0.732. The lowest BCUT2D eigenvalue weighted by molar-refractivity contribution is 0.0612. The quantitative estimate of drug-likeness (QED) is 0.921. The lowest BCUT2D eigenvalue weighted by Gasteiger charge is -2.35. The number of piperidine rings is 1. The summed E-state index contributed by atoms with van der Waals surface area (Å²) in [6.45, 7) is 2.49. The molecule has 1 fully saturated rings. The minimum Gasteiger partial charge on any atom is -0.334 e. The highest BCUT2D eigenvalue weighted by Gasteiger charge is 2.29. The molecule has 122 valence electrons. The maximum absolute atomic E-state index is 13.8. The number of carbonyl (C=O) groups excluding carboxylic acids is 1. The van der Waals surface area contributed by atoms with Gasteiger partial charge in [0.25, 0.3) is 5.91 Å². The second-order valence-corrected chi connectivity index (χ2v) is 5.85. The fourth-order valence-corrected chi connectivity index (χ4v) is 2.93. The Morgan fingerprint density at radius 3 is 2.65 bits per heavy atom. The molecule has 2 heterocycles. The lowest BCUT2D eigenvalue weighted by Crippen LogP contribution is -2.48. The highest BCUT2D eigenvalue weighted by Crippen LogP contribution is 2.20. The smallest absolute Gasteiger partial charge is 0.274 e. The van der Waals surface area contributed by atoms with E-state index < -0.39 is 11.6 Å². The summed E-state index contributed by atoms with van der Waals surface area (Å²) in [6, 6.07) is 5.16. The highest BCUT2D eigenvalue weighted by molar-refractivity contribution is 5.92. The van der Waals surface area contributed by atoms with Crippen LogP contribution in [0.15, 0.2) is 30.5 Å². The van der Waals surface area contributed by atoms with Gasteiger partial charge in [-0.3, -0.25) is 4.79 Å². The van der Waals surface area contributed by atoms with Gasteiger partial charge in [-0.15, -0.1) is 0 Å². The number of rotatable bonds is 2. The number of hydrogen-bond acceptors (Lipinski definition) is 3. The minimum absolute atomic E-state index is 0.0154. The van der Waals surface area contributed by atoms with E-state index in [-0.39, 0.29) is 29.4 Å². The van der Waals surface area contributed by atoms with Crippen LogP contribution in [0.3, 0.4) is 0 Å². The van der Waals surface area contributed by atoms with Crippen molar-refractivity contribution in [1.29, 1.82) is 0 Å². The number of halogens is 2. The third-order valence-corrected chi connectivity index (χ3v) is 4.15. The molecule has 1 aliphatic heterocycles. The summed E-state index contributed by atoms with van der Waals surface area (Å²) in [6.07, 6.45) is 2.85. The molecule has 5 nitrogen and oxygen atoms in total. The van der Waals surface area contributed by atoms with Gasteiger partial charge in [-0.05, 0) is 38.0 Å². The summed E-state index contributed by atoms with van der Waals surface area (Å²) in [5, 5.41) is 4.04. The second kappa shape index (κ2) is 6.08. The number of aromatic nitrogens is 2. The van der Waals surface area contributed by atoms with Gasteiger partial charge in [0.2, 0.25) is 0 Å². The fourth-order valence-electron chi connectivity index (χ4n) is 2.93. The number of para-hydroxylation sites is 1. The van der Waals surface area contributed by atoms with Crippen molar-refractivity contribution in [3.05, 3.63) is 47.8 Å². The molecule has 2 unspecified atom stereocenters. The maximum Gasteiger partial charge on any atom is 0.274 e. The van der Waals surface area contributed by atoms with Crippen LogP contribution in [0.25, 0.3) is 5.69 Å². The van der Waals surface area contributed by atoms with Crippen LogP contribution in [0, 0.1) is 11.6 Å². The van der Waals surface area contributed by atoms with Crippen LogP contribution in [0.5, 0.6) is 0 Å². The number of amides is 1. The van der Waals surface area contributed by atoms with Crippen molar-refractivity contribution in [2.75, 3.05) is 6.54 Å². The van der Waals surface area contributed by atoms with Crippen LogP contribution in [0.4, 0.5) is 8.78 Å². The topological polar surface area (TPSA) is 64.2 Å². The summed E-state index contributed by atoms with van der Waals surface area (Å²) in [7, 11) is 0. The number of nitrogens with zero attached hydrogens (tertiary/aromatic N) is 3. The Morgan fingerprint density at radius 1 is 1.30 bits per heavy atom. The van der Waals surface area contributed by atoms with Crippen molar-refractivity contribution in [3.63, 3.8) is 0 Å². The zero-order chi connectivity index (χ0) is 16.6. The first-order chi connectivity index (χ1) is 11.0. The van der Waals surface area contributed by atoms with E-state index in [2.05, 4.69) is 5.10 Å². The van der Waals surface area contributed by atoms with E-state index in [4.69, 9.17) is 5.73 Å². The van der Waals surface area contributed by atoms with E-state index in [9.17, 15) is 13.6 Å². The van der Waals surface area contributed by atoms with Crippen LogP contribution in [-0.2, 0) is 0 Å². The third-order valence-electron chi connectivity index (χ3n) is 4.15. The van der Waals surface area contributed by atoms with E-state index in [1.54, 1.807) is 4.90 Å². The van der Waals surface area contributed by atoms with Gasteiger partial charge in [-0.1, -0.05) is 6.07 Å². The monoisotopic (exact) mass is 320 g/mol. The second-order valence-electron chi connectivity index (χ2n) is 5.85. The Bertz CT molecular complexity index is 710. The van der Waals surface area contributed by atoms with E-state index in [1.807, 2.05) is 6.92 Å². The molecular formula is C16H18F2N4O. The molecule has 1 aliphatic rings. The number of nitrogens with two attached hydrogens (primary N) is 1. The van der Waals surface area contributed by atoms with Crippen molar-refractivity contribution in [3.8, 4) is 5.69 Å².